The van der Waals surface area contributed by atoms with Crippen LogP contribution in [0.4, 0.5) is 10.1 Å². The van der Waals surface area contributed by atoms with E-state index < -0.39 is 16.0 Å². The summed E-state index contributed by atoms with van der Waals surface area (Å²) in [6.45, 7) is -0.0472. The molecule has 3 rings (SSSR count). The predicted octanol–water partition coefficient (Wildman–Crippen LogP) is 3.65. The number of hydrogen-bond acceptors (Lipinski definition) is 3. The first-order chi connectivity index (χ1) is 14.2. The Kier molecular flexibility index (Phi) is 6.77. The molecule has 6 nitrogen and oxygen atoms in total. The molecular formula is C22H28FN3O3S. The summed E-state index contributed by atoms with van der Waals surface area (Å²) in [5, 5.41) is 0. The molecule has 1 saturated carbocycles. The Morgan fingerprint density at radius 1 is 1.00 bits per heavy atom. The fraction of sp³-hybridized carbons (Fsp3) is 0.409. The zero-order chi connectivity index (χ0) is 21.9. The second kappa shape index (κ2) is 9.14. The van der Waals surface area contributed by atoms with Crippen LogP contribution in [0.2, 0.25) is 0 Å². The molecule has 0 radical (unpaired) electrons. The van der Waals surface area contributed by atoms with Crippen LogP contribution < -0.4 is 4.31 Å². The summed E-state index contributed by atoms with van der Waals surface area (Å²) in [4.78, 5) is 14.5. The van der Waals surface area contributed by atoms with Gasteiger partial charge in [-0.3, -0.25) is 9.10 Å². The quantitative estimate of drug-likeness (QED) is 0.670. The van der Waals surface area contributed by atoms with E-state index in [0.29, 0.717) is 11.1 Å². The SMILES string of the molecule is CN(C(=O)c1ccc(CN(c2ccccc2F)S(=O)(=O)N(C)C)cc1)C1CCCC1. The zero-order valence-electron chi connectivity index (χ0n) is 17.6. The van der Waals surface area contributed by atoms with E-state index in [1.54, 1.807) is 35.2 Å². The van der Waals surface area contributed by atoms with Crippen LogP contribution in [0.15, 0.2) is 48.5 Å². The van der Waals surface area contributed by atoms with Gasteiger partial charge in [-0.2, -0.15) is 12.7 Å². The fourth-order valence-electron chi connectivity index (χ4n) is 3.72. The highest BCUT2D eigenvalue weighted by Gasteiger charge is 2.28. The van der Waals surface area contributed by atoms with Crippen molar-refractivity contribution < 1.29 is 17.6 Å². The van der Waals surface area contributed by atoms with Gasteiger partial charge in [0.1, 0.15) is 5.82 Å². The molecule has 0 N–H and O–H groups in total. The maximum absolute atomic E-state index is 14.4. The van der Waals surface area contributed by atoms with Crippen LogP contribution >= 0.6 is 0 Å². The van der Waals surface area contributed by atoms with E-state index in [4.69, 9.17) is 0 Å². The van der Waals surface area contributed by atoms with Gasteiger partial charge in [-0.25, -0.2) is 4.39 Å². The minimum absolute atomic E-state index is 0.0210. The molecule has 1 aliphatic carbocycles. The van der Waals surface area contributed by atoms with Crippen LogP contribution in [0.25, 0.3) is 0 Å². The Hall–Kier alpha value is -2.45. The monoisotopic (exact) mass is 433 g/mol. The normalized spacial score (nSPS) is 14.8. The van der Waals surface area contributed by atoms with Crippen LogP contribution in [0.5, 0.6) is 0 Å². The Balaban J connectivity index is 1.83. The van der Waals surface area contributed by atoms with Gasteiger partial charge in [-0.1, -0.05) is 37.1 Å². The first kappa shape index (κ1) is 22.2. The molecule has 0 aliphatic heterocycles. The first-order valence-corrected chi connectivity index (χ1v) is 11.4. The molecule has 0 aromatic heterocycles. The predicted molar refractivity (Wildman–Crippen MR) is 116 cm³/mol. The summed E-state index contributed by atoms with van der Waals surface area (Å²) in [7, 11) is 0.730. The van der Waals surface area contributed by atoms with Crippen molar-refractivity contribution in [3.8, 4) is 0 Å². The lowest BCUT2D eigenvalue weighted by Gasteiger charge is -2.28. The summed E-state index contributed by atoms with van der Waals surface area (Å²) >= 11 is 0. The van der Waals surface area contributed by atoms with E-state index in [1.807, 2.05) is 7.05 Å². The maximum atomic E-state index is 14.4. The number of anilines is 1. The van der Waals surface area contributed by atoms with Crippen molar-refractivity contribution in [1.29, 1.82) is 0 Å². The summed E-state index contributed by atoms with van der Waals surface area (Å²) < 4.78 is 42.1. The second-order valence-corrected chi connectivity index (χ2v) is 9.87. The van der Waals surface area contributed by atoms with Crippen molar-refractivity contribution >= 4 is 21.8 Å². The third-order valence-corrected chi connectivity index (χ3v) is 7.39. The maximum Gasteiger partial charge on any atom is 0.303 e. The van der Waals surface area contributed by atoms with E-state index >= 15 is 0 Å². The van der Waals surface area contributed by atoms with Gasteiger partial charge in [0.2, 0.25) is 0 Å². The van der Waals surface area contributed by atoms with Gasteiger partial charge >= 0.3 is 10.2 Å². The van der Waals surface area contributed by atoms with Gasteiger partial charge in [0.05, 0.1) is 12.2 Å². The molecule has 0 heterocycles. The lowest BCUT2D eigenvalue weighted by atomic mass is 10.1. The highest BCUT2D eigenvalue weighted by molar-refractivity contribution is 7.90. The molecule has 162 valence electrons. The standard InChI is InChI=1S/C22H28FN3O3S/c1-24(2)30(28,29)26(21-11-7-6-10-20(21)23)16-17-12-14-18(15-13-17)22(27)25(3)19-8-4-5-9-19/h6-7,10-15,19H,4-5,8-9,16H2,1-3H3. The molecule has 0 spiro atoms. The average molecular weight is 434 g/mol. The Bertz CT molecular complexity index is 987. The number of hydrogen-bond donors (Lipinski definition) is 0. The molecule has 8 heteroatoms. The molecule has 2 aromatic carbocycles. The third-order valence-electron chi connectivity index (χ3n) is 5.58. The van der Waals surface area contributed by atoms with Gasteiger partial charge in [0.25, 0.3) is 5.91 Å². The van der Waals surface area contributed by atoms with E-state index in [2.05, 4.69) is 0 Å². The van der Waals surface area contributed by atoms with Gasteiger partial charge in [0, 0.05) is 32.7 Å². The van der Waals surface area contributed by atoms with Crippen LogP contribution in [0.1, 0.15) is 41.6 Å². The lowest BCUT2D eigenvalue weighted by Crippen LogP contribution is -2.40. The second-order valence-electron chi connectivity index (χ2n) is 7.80. The minimum Gasteiger partial charge on any atom is -0.339 e. The molecule has 2 aromatic rings. The zero-order valence-corrected chi connectivity index (χ0v) is 18.4. The summed E-state index contributed by atoms with van der Waals surface area (Å²) in [6, 6.07) is 12.9. The number of rotatable bonds is 7. The van der Waals surface area contributed by atoms with Crippen molar-refractivity contribution in [2.75, 3.05) is 25.4 Å². The fourth-order valence-corrected chi connectivity index (χ4v) is 4.82. The lowest BCUT2D eigenvalue weighted by molar-refractivity contribution is 0.0735. The average Bonchev–Trinajstić information content (AvgIpc) is 3.27. The summed E-state index contributed by atoms with van der Waals surface area (Å²) in [5.41, 5.74) is 1.19. The van der Waals surface area contributed by atoms with Crippen molar-refractivity contribution in [3.63, 3.8) is 0 Å². The van der Waals surface area contributed by atoms with Gasteiger partial charge < -0.3 is 4.90 Å². The molecular weight excluding hydrogens is 405 g/mol. The third kappa shape index (κ3) is 4.65. The van der Waals surface area contributed by atoms with E-state index in [0.717, 1.165) is 34.3 Å². The number of amides is 1. The number of carbonyl (C=O) groups excluding carboxylic acids is 1. The highest BCUT2D eigenvalue weighted by Crippen LogP contribution is 2.26. The number of halogens is 1. The molecule has 0 unspecified atom stereocenters. The smallest absolute Gasteiger partial charge is 0.303 e. The molecule has 0 atom stereocenters. The molecule has 1 fully saturated rings. The van der Waals surface area contributed by atoms with E-state index in [1.165, 1.54) is 32.3 Å². The van der Waals surface area contributed by atoms with E-state index in [-0.39, 0.29) is 24.2 Å². The van der Waals surface area contributed by atoms with Crippen LogP contribution in [0.3, 0.4) is 0 Å². The Labute approximate surface area is 178 Å². The molecule has 30 heavy (non-hydrogen) atoms. The summed E-state index contributed by atoms with van der Waals surface area (Å²) in [6.07, 6.45) is 4.35. The van der Waals surface area contributed by atoms with Crippen molar-refractivity contribution in [3.05, 3.63) is 65.5 Å². The molecule has 0 bridgehead atoms. The number of carbonyl (C=O) groups is 1. The molecule has 1 aliphatic rings. The molecule has 0 saturated heterocycles. The Morgan fingerprint density at radius 2 is 1.60 bits per heavy atom. The van der Waals surface area contributed by atoms with E-state index in [9.17, 15) is 17.6 Å². The highest BCUT2D eigenvalue weighted by atomic mass is 32.2. The first-order valence-electron chi connectivity index (χ1n) is 10.0. The largest absolute Gasteiger partial charge is 0.339 e. The number of benzene rings is 2. The summed E-state index contributed by atoms with van der Waals surface area (Å²) in [5.74, 6) is -0.659. The van der Waals surface area contributed by atoms with Gasteiger partial charge in [0.15, 0.2) is 0 Å². The number of nitrogens with zero attached hydrogens (tertiary/aromatic N) is 3. The van der Waals surface area contributed by atoms with Crippen LogP contribution in [-0.4, -0.2) is 50.7 Å². The van der Waals surface area contributed by atoms with Crippen molar-refractivity contribution in [2.24, 2.45) is 0 Å². The van der Waals surface area contributed by atoms with Crippen LogP contribution in [-0.2, 0) is 16.8 Å². The van der Waals surface area contributed by atoms with Gasteiger partial charge in [-0.15, -0.1) is 0 Å². The molecule has 1 amide bonds. The minimum atomic E-state index is -3.91. The number of para-hydroxylation sites is 1. The topological polar surface area (TPSA) is 60.9 Å². The van der Waals surface area contributed by atoms with Crippen LogP contribution in [0, 0.1) is 5.82 Å². The van der Waals surface area contributed by atoms with Crippen molar-refractivity contribution in [1.82, 2.24) is 9.21 Å². The van der Waals surface area contributed by atoms with Crippen molar-refractivity contribution in [2.45, 2.75) is 38.3 Å². The van der Waals surface area contributed by atoms with Gasteiger partial charge in [-0.05, 0) is 42.7 Å². The Morgan fingerprint density at radius 3 is 2.17 bits per heavy atom.